The number of oxazole rings is 1. The maximum atomic E-state index is 14.9. The van der Waals surface area contributed by atoms with Gasteiger partial charge in [0.25, 0.3) is 5.91 Å². The molecule has 8 nitrogen and oxygen atoms in total. The average molecular weight is 452 g/mol. The Morgan fingerprint density at radius 2 is 2.03 bits per heavy atom. The summed E-state index contributed by atoms with van der Waals surface area (Å²) in [7, 11) is 3.52. The van der Waals surface area contributed by atoms with Crippen molar-refractivity contribution < 1.29 is 18.3 Å². The van der Waals surface area contributed by atoms with Gasteiger partial charge >= 0.3 is 5.76 Å². The van der Waals surface area contributed by atoms with Gasteiger partial charge in [0, 0.05) is 33.2 Å². The van der Waals surface area contributed by atoms with Gasteiger partial charge in [-0.1, -0.05) is 18.2 Å². The molecule has 2 atom stereocenters. The standard InChI is InChI=1S/C24H25FN4O4/c1-28-8-3-9-32-22(14-28)23(30)27-18(13-26)10-17-5-4-15(11-19(17)25)16-6-7-21-20(12-16)29(2)24(31)33-21/h4-7,11-12,18,22H,3,8-10,14H2,1-2H3,(H,27,30). The number of halogens is 1. The molecule has 9 heteroatoms. The third-order valence-corrected chi connectivity index (χ3v) is 5.85. The van der Waals surface area contributed by atoms with E-state index in [9.17, 15) is 19.2 Å². The normalized spacial score (nSPS) is 17.9. The Bertz CT molecular complexity index is 1280. The molecule has 2 aromatic carbocycles. The minimum Gasteiger partial charge on any atom is -0.408 e. The van der Waals surface area contributed by atoms with E-state index in [1.807, 2.05) is 18.0 Å². The molecule has 0 spiro atoms. The summed E-state index contributed by atoms with van der Waals surface area (Å²) < 4.78 is 27.0. The number of aryl methyl sites for hydroxylation is 1. The first kappa shape index (κ1) is 22.7. The summed E-state index contributed by atoms with van der Waals surface area (Å²) in [5.41, 5.74) is 2.74. The Labute approximate surface area is 190 Å². The van der Waals surface area contributed by atoms with Gasteiger partial charge in [0.15, 0.2) is 5.58 Å². The van der Waals surface area contributed by atoms with Crippen molar-refractivity contribution in [2.45, 2.75) is 25.0 Å². The van der Waals surface area contributed by atoms with Crippen molar-refractivity contribution in [3.8, 4) is 17.2 Å². The highest BCUT2D eigenvalue weighted by Gasteiger charge is 2.26. The van der Waals surface area contributed by atoms with Crippen LogP contribution in [0.1, 0.15) is 12.0 Å². The minimum atomic E-state index is -0.883. The maximum Gasteiger partial charge on any atom is 0.419 e. The highest BCUT2D eigenvalue weighted by atomic mass is 19.1. The monoisotopic (exact) mass is 452 g/mol. The van der Waals surface area contributed by atoms with Crippen LogP contribution in [0.25, 0.3) is 22.2 Å². The fourth-order valence-corrected chi connectivity index (χ4v) is 3.96. The lowest BCUT2D eigenvalue weighted by molar-refractivity contribution is -0.133. The van der Waals surface area contributed by atoms with E-state index >= 15 is 0 Å². The summed E-state index contributed by atoms with van der Waals surface area (Å²) in [6.45, 7) is 1.76. The van der Waals surface area contributed by atoms with Gasteiger partial charge in [0.1, 0.15) is 18.0 Å². The first-order valence-electron chi connectivity index (χ1n) is 10.7. The van der Waals surface area contributed by atoms with E-state index in [0.717, 1.165) is 18.5 Å². The van der Waals surface area contributed by atoms with Crippen molar-refractivity contribution in [2.75, 3.05) is 26.7 Å². The lowest BCUT2D eigenvalue weighted by Crippen LogP contribution is -2.46. The molecule has 1 aromatic heterocycles. The van der Waals surface area contributed by atoms with E-state index in [1.165, 1.54) is 10.6 Å². The number of carbonyl (C=O) groups excluding carboxylic acids is 1. The smallest absolute Gasteiger partial charge is 0.408 e. The lowest BCUT2D eigenvalue weighted by Gasteiger charge is -2.21. The zero-order valence-corrected chi connectivity index (χ0v) is 18.5. The van der Waals surface area contributed by atoms with Gasteiger partial charge in [0.05, 0.1) is 11.6 Å². The number of aromatic nitrogens is 1. The van der Waals surface area contributed by atoms with Crippen LogP contribution < -0.4 is 11.1 Å². The van der Waals surface area contributed by atoms with Crippen LogP contribution in [0.5, 0.6) is 0 Å². The van der Waals surface area contributed by atoms with Gasteiger partial charge in [-0.15, -0.1) is 0 Å². The molecule has 1 aliphatic rings. The summed E-state index contributed by atoms with van der Waals surface area (Å²) in [6, 6.07) is 11.1. The van der Waals surface area contributed by atoms with Crippen LogP contribution in [0.15, 0.2) is 45.6 Å². The average Bonchev–Trinajstić information content (AvgIpc) is 2.95. The number of fused-ring (bicyclic) bond motifs is 1. The molecule has 0 radical (unpaired) electrons. The van der Waals surface area contributed by atoms with Crippen LogP contribution in [-0.4, -0.2) is 54.3 Å². The van der Waals surface area contributed by atoms with Crippen LogP contribution in [0.3, 0.4) is 0 Å². The molecule has 0 bridgehead atoms. The minimum absolute atomic E-state index is 0.0339. The number of carbonyl (C=O) groups is 1. The highest BCUT2D eigenvalue weighted by molar-refractivity contribution is 5.82. The van der Waals surface area contributed by atoms with Crippen molar-refractivity contribution in [1.82, 2.24) is 14.8 Å². The number of benzene rings is 2. The van der Waals surface area contributed by atoms with Gasteiger partial charge in [-0.05, 0) is 48.4 Å². The summed E-state index contributed by atoms with van der Waals surface area (Å²) >= 11 is 0. The largest absolute Gasteiger partial charge is 0.419 e. The molecule has 4 rings (SSSR count). The van der Waals surface area contributed by atoms with Crippen molar-refractivity contribution >= 4 is 17.0 Å². The van der Waals surface area contributed by atoms with Crippen molar-refractivity contribution in [3.63, 3.8) is 0 Å². The van der Waals surface area contributed by atoms with Gasteiger partial charge in [0.2, 0.25) is 0 Å². The number of nitrogens with zero attached hydrogens (tertiary/aromatic N) is 3. The molecule has 1 saturated heterocycles. The van der Waals surface area contributed by atoms with E-state index in [1.54, 1.807) is 37.4 Å². The molecule has 1 fully saturated rings. The first-order chi connectivity index (χ1) is 15.9. The second-order valence-corrected chi connectivity index (χ2v) is 8.29. The Hall–Kier alpha value is -3.48. The number of likely N-dealkylation sites (N-methyl/N-ethyl adjacent to an activating group) is 1. The molecule has 2 unspecified atom stereocenters. The van der Waals surface area contributed by atoms with Crippen LogP contribution >= 0.6 is 0 Å². The van der Waals surface area contributed by atoms with Crippen LogP contribution in [-0.2, 0) is 23.0 Å². The molecular weight excluding hydrogens is 427 g/mol. The van der Waals surface area contributed by atoms with E-state index in [-0.39, 0.29) is 12.3 Å². The SMILES string of the molecule is CN1CCCOC(C(=O)NC(C#N)Cc2ccc(-c3ccc4oc(=O)n(C)c4c3)cc2F)C1. The molecule has 3 aromatic rings. The summed E-state index contributed by atoms with van der Waals surface area (Å²) in [5.74, 6) is -1.31. The van der Waals surface area contributed by atoms with Crippen LogP contribution in [0.2, 0.25) is 0 Å². The molecule has 0 aliphatic carbocycles. The molecule has 2 heterocycles. The maximum absolute atomic E-state index is 14.9. The molecule has 0 saturated carbocycles. The molecule has 1 aliphatic heterocycles. The van der Waals surface area contributed by atoms with E-state index in [2.05, 4.69) is 5.32 Å². The second-order valence-electron chi connectivity index (χ2n) is 8.29. The third kappa shape index (κ3) is 4.97. The lowest BCUT2D eigenvalue weighted by atomic mass is 10.00. The first-order valence-corrected chi connectivity index (χ1v) is 10.7. The predicted molar refractivity (Wildman–Crippen MR) is 120 cm³/mol. The Morgan fingerprint density at radius 3 is 2.79 bits per heavy atom. The number of rotatable bonds is 5. The predicted octanol–water partition coefficient (Wildman–Crippen LogP) is 2.21. The second kappa shape index (κ2) is 9.57. The molecular formula is C24H25FN4O4. The van der Waals surface area contributed by atoms with E-state index in [4.69, 9.17) is 9.15 Å². The Kier molecular flexibility index (Phi) is 6.58. The van der Waals surface area contributed by atoms with Crippen molar-refractivity contribution in [2.24, 2.45) is 7.05 Å². The summed E-state index contributed by atoms with van der Waals surface area (Å²) in [4.78, 5) is 26.3. The zero-order valence-electron chi connectivity index (χ0n) is 18.5. The van der Waals surface area contributed by atoms with E-state index in [0.29, 0.717) is 35.4 Å². The van der Waals surface area contributed by atoms with Gasteiger partial charge in [-0.3, -0.25) is 9.36 Å². The number of ether oxygens (including phenoxy) is 1. The van der Waals surface area contributed by atoms with Gasteiger partial charge in [-0.25, -0.2) is 9.18 Å². The van der Waals surface area contributed by atoms with Crippen LogP contribution in [0.4, 0.5) is 4.39 Å². The molecule has 1 N–H and O–H groups in total. The molecule has 172 valence electrons. The molecule has 33 heavy (non-hydrogen) atoms. The Balaban J connectivity index is 1.48. The Morgan fingerprint density at radius 1 is 1.27 bits per heavy atom. The third-order valence-electron chi connectivity index (χ3n) is 5.85. The fourth-order valence-electron chi connectivity index (χ4n) is 3.96. The number of nitrogens with one attached hydrogen (secondary N) is 1. The van der Waals surface area contributed by atoms with Crippen molar-refractivity contribution in [1.29, 1.82) is 5.26 Å². The van der Waals surface area contributed by atoms with E-state index < -0.39 is 23.7 Å². The number of nitriles is 1. The van der Waals surface area contributed by atoms with Gasteiger partial charge in [-0.2, -0.15) is 5.26 Å². The number of amides is 1. The quantitative estimate of drug-likeness (QED) is 0.637. The summed E-state index contributed by atoms with van der Waals surface area (Å²) in [5, 5.41) is 12.2. The summed E-state index contributed by atoms with van der Waals surface area (Å²) in [6.07, 6.45) is 0.213. The topological polar surface area (TPSA) is 100 Å². The van der Waals surface area contributed by atoms with Crippen molar-refractivity contribution in [3.05, 3.63) is 58.3 Å². The van der Waals surface area contributed by atoms with Gasteiger partial charge < -0.3 is 19.4 Å². The molecule has 1 amide bonds. The highest BCUT2D eigenvalue weighted by Crippen LogP contribution is 2.26. The number of hydrogen-bond donors (Lipinski definition) is 1. The zero-order chi connectivity index (χ0) is 23.5. The van der Waals surface area contributed by atoms with Crippen LogP contribution in [0, 0.1) is 17.1 Å². The number of hydrogen-bond acceptors (Lipinski definition) is 6. The fraction of sp³-hybridized carbons (Fsp3) is 0.375.